The fraction of sp³-hybridized carbons (Fsp3) is 0.588. The summed E-state index contributed by atoms with van der Waals surface area (Å²) in [6, 6.07) is 5.75. The first-order valence-corrected chi connectivity index (χ1v) is 7.46. The zero-order valence-corrected chi connectivity index (χ0v) is 13.4. The third kappa shape index (κ3) is 4.34. The lowest BCUT2D eigenvalue weighted by atomic mass is 9.93. The van der Waals surface area contributed by atoms with Crippen LogP contribution in [0.4, 0.5) is 0 Å². The van der Waals surface area contributed by atoms with Gasteiger partial charge in [0, 0.05) is 18.5 Å². The normalized spacial score (nSPS) is 11.2. The van der Waals surface area contributed by atoms with Gasteiger partial charge in [0.2, 0.25) is 0 Å². The third-order valence-electron chi connectivity index (χ3n) is 3.73. The van der Waals surface area contributed by atoms with Crippen LogP contribution in [0.5, 0.6) is 5.75 Å². The topological polar surface area (TPSA) is 29.5 Å². The molecule has 1 aromatic rings. The molecule has 0 fully saturated rings. The first-order valence-electron chi connectivity index (χ1n) is 7.46. The predicted molar refractivity (Wildman–Crippen MR) is 83.8 cm³/mol. The quantitative estimate of drug-likeness (QED) is 0.678. The van der Waals surface area contributed by atoms with Crippen LogP contribution in [0.25, 0.3) is 0 Å². The lowest BCUT2D eigenvalue weighted by Gasteiger charge is -2.18. The van der Waals surface area contributed by atoms with Crippen molar-refractivity contribution in [3.8, 4) is 5.75 Å². The minimum absolute atomic E-state index is 0.225. The molecule has 0 aliphatic carbocycles. The Labute approximate surface area is 122 Å². The molecule has 3 nitrogen and oxygen atoms in total. The number of benzene rings is 1. The first-order chi connectivity index (χ1) is 9.53. The molecule has 0 aliphatic heterocycles. The average molecular weight is 277 g/mol. The second-order valence-corrected chi connectivity index (χ2v) is 5.31. The van der Waals surface area contributed by atoms with E-state index in [4.69, 9.17) is 4.74 Å². The van der Waals surface area contributed by atoms with Gasteiger partial charge in [-0.2, -0.15) is 0 Å². The molecule has 0 atom stereocenters. The molecule has 1 rings (SSSR count). The van der Waals surface area contributed by atoms with E-state index in [1.54, 1.807) is 7.11 Å². The van der Waals surface area contributed by atoms with Crippen molar-refractivity contribution in [3.05, 3.63) is 29.3 Å². The average Bonchev–Trinajstić information content (AvgIpc) is 2.47. The van der Waals surface area contributed by atoms with Gasteiger partial charge in [0.15, 0.2) is 5.78 Å². The van der Waals surface area contributed by atoms with Crippen molar-refractivity contribution < 1.29 is 9.53 Å². The van der Waals surface area contributed by atoms with Crippen LogP contribution in [0.2, 0.25) is 0 Å². The standard InChI is InChI=1S/C17H27NO2/c1-6-18(7-2)11-10-17(19)15-9-8-14(20-5)12-16(15)13(3)4/h8-9,12-13H,6-7,10-11H2,1-5H3. The number of hydrogen-bond donors (Lipinski definition) is 0. The Hall–Kier alpha value is -1.35. The molecule has 3 heteroatoms. The second-order valence-electron chi connectivity index (χ2n) is 5.31. The van der Waals surface area contributed by atoms with Gasteiger partial charge in [0.25, 0.3) is 0 Å². The highest BCUT2D eigenvalue weighted by Gasteiger charge is 2.15. The van der Waals surface area contributed by atoms with Crippen molar-refractivity contribution in [2.24, 2.45) is 0 Å². The fourth-order valence-corrected chi connectivity index (χ4v) is 2.33. The van der Waals surface area contributed by atoms with Crippen LogP contribution in [0.15, 0.2) is 18.2 Å². The molecule has 0 aliphatic rings. The lowest BCUT2D eigenvalue weighted by Crippen LogP contribution is -2.26. The van der Waals surface area contributed by atoms with E-state index >= 15 is 0 Å². The predicted octanol–water partition coefficient (Wildman–Crippen LogP) is 3.73. The second kappa shape index (κ2) is 8.05. The van der Waals surface area contributed by atoms with Gasteiger partial charge >= 0.3 is 0 Å². The zero-order chi connectivity index (χ0) is 15.1. The van der Waals surface area contributed by atoms with Gasteiger partial charge in [0.05, 0.1) is 7.11 Å². The number of rotatable bonds is 8. The van der Waals surface area contributed by atoms with Crippen LogP contribution in [0.1, 0.15) is 56.0 Å². The molecule has 0 bridgehead atoms. The van der Waals surface area contributed by atoms with E-state index in [1.165, 1.54) is 0 Å². The summed E-state index contributed by atoms with van der Waals surface area (Å²) in [6.07, 6.45) is 0.577. The molecule has 0 radical (unpaired) electrons. The van der Waals surface area contributed by atoms with E-state index in [1.807, 2.05) is 18.2 Å². The van der Waals surface area contributed by atoms with E-state index in [0.29, 0.717) is 12.3 Å². The summed E-state index contributed by atoms with van der Waals surface area (Å²) >= 11 is 0. The van der Waals surface area contributed by atoms with Gasteiger partial charge < -0.3 is 9.64 Å². The Bertz CT molecular complexity index is 437. The SMILES string of the molecule is CCN(CC)CCC(=O)c1ccc(OC)cc1C(C)C. The molecule has 0 aromatic heterocycles. The van der Waals surface area contributed by atoms with Gasteiger partial charge in [-0.15, -0.1) is 0 Å². The van der Waals surface area contributed by atoms with Gasteiger partial charge in [0.1, 0.15) is 5.75 Å². The Morgan fingerprint density at radius 3 is 2.40 bits per heavy atom. The summed E-state index contributed by atoms with van der Waals surface area (Å²) in [5.41, 5.74) is 1.92. The number of methoxy groups -OCH3 is 1. The van der Waals surface area contributed by atoms with Crippen LogP contribution in [0, 0.1) is 0 Å². The first kappa shape index (κ1) is 16.7. The van der Waals surface area contributed by atoms with Gasteiger partial charge in [-0.1, -0.05) is 27.7 Å². The Morgan fingerprint density at radius 1 is 1.25 bits per heavy atom. The molecule has 0 amide bonds. The van der Waals surface area contributed by atoms with Crippen LogP contribution in [0.3, 0.4) is 0 Å². The van der Waals surface area contributed by atoms with Crippen molar-refractivity contribution in [3.63, 3.8) is 0 Å². The Balaban J connectivity index is 2.86. The van der Waals surface area contributed by atoms with Crippen LogP contribution in [-0.4, -0.2) is 37.4 Å². The highest BCUT2D eigenvalue weighted by molar-refractivity contribution is 5.98. The molecule has 0 heterocycles. The van der Waals surface area contributed by atoms with Crippen molar-refractivity contribution in [1.29, 1.82) is 0 Å². The summed E-state index contributed by atoms with van der Waals surface area (Å²) in [6.45, 7) is 11.3. The largest absolute Gasteiger partial charge is 0.497 e. The van der Waals surface area contributed by atoms with Crippen molar-refractivity contribution in [2.45, 2.75) is 40.0 Å². The highest BCUT2D eigenvalue weighted by Crippen LogP contribution is 2.25. The number of ketones is 1. The van der Waals surface area contributed by atoms with Crippen molar-refractivity contribution in [1.82, 2.24) is 4.90 Å². The lowest BCUT2D eigenvalue weighted by molar-refractivity contribution is 0.0965. The fourth-order valence-electron chi connectivity index (χ4n) is 2.33. The van der Waals surface area contributed by atoms with E-state index in [-0.39, 0.29) is 5.78 Å². The molecule has 0 unspecified atom stereocenters. The number of ether oxygens (including phenoxy) is 1. The Kier molecular flexibility index (Phi) is 6.73. The summed E-state index contributed by atoms with van der Waals surface area (Å²) in [4.78, 5) is 14.7. The third-order valence-corrected chi connectivity index (χ3v) is 3.73. The molecule has 0 saturated heterocycles. The number of Topliss-reactive ketones (excluding diaryl/α,β-unsaturated/α-hetero) is 1. The minimum atomic E-state index is 0.225. The maximum atomic E-state index is 12.4. The number of hydrogen-bond acceptors (Lipinski definition) is 3. The molecular weight excluding hydrogens is 250 g/mol. The number of carbonyl (C=O) groups excluding carboxylic acids is 1. The van der Waals surface area contributed by atoms with E-state index < -0.39 is 0 Å². The summed E-state index contributed by atoms with van der Waals surface area (Å²) in [7, 11) is 1.65. The van der Waals surface area contributed by atoms with Crippen LogP contribution < -0.4 is 4.74 Å². The van der Waals surface area contributed by atoms with Crippen molar-refractivity contribution >= 4 is 5.78 Å². The summed E-state index contributed by atoms with van der Waals surface area (Å²) in [5, 5.41) is 0. The van der Waals surface area contributed by atoms with Crippen molar-refractivity contribution in [2.75, 3.05) is 26.7 Å². The number of carbonyl (C=O) groups is 1. The molecule has 1 aromatic carbocycles. The molecule has 0 N–H and O–H groups in total. The molecule has 20 heavy (non-hydrogen) atoms. The van der Waals surface area contributed by atoms with E-state index in [2.05, 4.69) is 32.6 Å². The maximum Gasteiger partial charge on any atom is 0.164 e. The highest BCUT2D eigenvalue weighted by atomic mass is 16.5. The smallest absolute Gasteiger partial charge is 0.164 e. The maximum absolute atomic E-state index is 12.4. The van der Waals surface area contributed by atoms with E-state index in [9.17, 15) is 4.79 Å². The van der Waals surface area contributed by atoms with Crippen LogP contribution in [-0.2, 0) is 0 Å². The number of nitrogens with zero attached hydrogens (tertiary/aromatic N) is 1. The van der Waals surface area contributed by atoms with Gasteiger partial charge in [-0.3, -0.25) is 4.79 Å². The van der Waals surface area contributed by atoms with E-state index in [0.717, 1.165) is 36.5 Å². The molecule has 112 valence electrons. The van der Waals surface area contributed by atoms with Gasteiger partial charge in [-0.25, -0.2) is 0 Å². The molecule has 0 saturated carbocycles. The summed E-state index contributed by atoms with van der Waals surface area (Å²) in [5.74, 6) is 1.36. The summed E-state index contributed by atoms with van der Waals surface area (Å²) < 4.78 is 5.25. The van der Waals surface area contributed by atoms with Gasteiger partial charge in [-0.05, 0) is 42.8 Å². The zero-order valence-electron chi connectivity index (χ0n) is 13.4. The molecule has 0 spiro atoms. The molecular formula is C17H27NO2. The van der Waals surface area contributed by atoms with Crippen LogP contribution >= 0.6 is 0 Å². The minimum Gasteiger partial charge on any atom is -0.497 e. The monoisotopic (exact) mass is 277 g/mol. The Morgan fingerprint density at radius 2 is 1.90 bits per heavy atom.